The molecule has 0 fully saturated rings. The van der Waals surface area contributed by atoms with Gasteiger partial charge in [0.15, 0.2) is 0 Å². The standard InChI is InChI=1S/C17H16N4S/c1-3-14-8-15-16(19-10-20-17(15)22-14)21-11(2)13-6-4-5-12(7-13)9-18/h4-8,10-11H,3H2,1-2H3,(H,19,20,21). The molecule has 2 heterocycles. The molecule has 4 nitrogen and oxygen atoms in total. The third kappa shape index (κ3) is 2.78. The van der Waals surface area contributed by atoms with Crippen LogP contribution in [0.3, 0.4) is 0 Å². The summed E-state index contributed by atoms with van der Waals surface area (Å²) in [6.45, 7) is 4.21. The number of fused-ring (bicyclic) bond motifs is 1. The van der Waals surface area contributed by atoms with Gasteiger partial charge in [-0.05, 0) is 37.1 Å². The Balaban J connectivity index is 1.92. The van der Waals surface area contributed by atoms with Crippen LogP contribution >= 0.6 is 11.3 Å². The van der Waals surface area contributed by atoms with Crippen molar-refractivity contribution >= 4 is 27.4 Å². The molecule has 0 amide bonds. The summed E-state index contributed by atoms with van der Waals surface area (Å²) in [6, 6.07) is 12.0. The molecule has 5 heteroatoms. The Morgan fingerprint density at radius 3 is 2.95 bits per heavy atom. The number of hydrogen-bond donors (Lipinski definition) is 1. The van der Waals surface area contributed by atoms with Crippen molar-refractivity contribution < 1.29 is 0 Å². The van der Waals surface area contributed by atoms with Crippen LogP contribution < -0.4 is 5.32 Å². The first-order chi connectivity index (χ1) is 10.7. The van der Waals surface area contributed by atoms with E-state index in [1.165, 1.54) is 4.88 Å². The highest BCUT2D eigenvalue weighted by molar-refractivity contribution is 7.18. The molecule has 0 saturated carbocycles. The number of hydrogen-bond acceptors (Lipinski definition) is 5. The molecule has 0 spiro atoms. The van der Waals surface area contributed by atoms with Gasteiger partial charge in [-0.1, -0.05) is 19.1 Å². The predicted octanol–water partition coefficient (Wildman–Crippen LogP) is 4.30. The number of nitrogens with zero attached hydrogens (tertiary/aromatic N) is 3. The molecule has 0 aliphatic carbocycles. The zero-order valence-corrected chi connectivity index (χ0v) is 13.3. The highest BCUT2D eigenvalue weighted by atomic mass is 32.1. The van der Waals surface area contributed by atoms with Crippen LogP contribution in [-0.4, -0.2) is 9.97 Å². The molecule has 0 radical (unpaired) electrons. The smallest absolute Gasteiger partial charge is 0.138 e. The Labute approximate surface area is 133 Å². The largest absolute Gasteiger partial charge is 0.363 e. The number of nitriles is 1. The molecule has 0 aliphatic heterocycles. The van der Waals surface area contributed by atoms with E-state index in [4.69, 9.17) is 5.26 Å². The van der Waals surface area contributed by atoms with E-state index in [2.05, 4.69) is 41.3 Å². The summed E-state index contributed by atoms with van der Waals surface area (Å²) in [5.74, 6) is 0.843. The van der Waals surface area contributed by atoms with Gasteiger partial charge in [-0.2, -0.15) is 5.26 Å². The summed E-state index contributed by atoms with van der Waals surface area (Å²) < 4.78 is 0. The van der Waals surface area contributed by atoms with Crippen LogP contribution in [0.15, 0.2) is 36.7 Å². The minimum absolute atomic E-state index is 0.0661. The number of benzene rings is 1. The summed E-state index contributed by atoms with van der Waals surface area (Å²) in [5.41, 5.74) is 1.74. The SMILES string of the molecule is CCc1cc2c(NC(C)c3cccc(C#N)c3)ncnc2s1. The molecule has 1 aromatic carbocycles. The van der Waals surface area contributed by atoms with Crippen molar-refractivity contribution in [1.29, 1.82) is 5.26 Å². The minimum atomic E-state index is 0.0661. The topological polar surface area (TPSA) is 61.6 Å². The molecule has 0 aliphatic rings. The predicted molar refractivity (Wildman–Crippen MR) is 90.0 cm³/mol. The molecule has 2 aromatic heterocycles. The summed E-state index contributed by atoms with van der Waals surface area (Å²) in [4.78, 5) is 11.0. The van der Waals surface area contributed by atoms with E-state index < -0.39 is 0 Å². The first-order valence-corrected chi connectivity index (χ1v) is 8.03. The number of rotatable bonds is 4. The van der Waals surface area contributed by atoms with Crippen LogP contribution in [0.25, 0.3) is 10.2 Å². The molecule has 0 saturated heterocycles. The van der Waals surface area contributed by atoms with E-state index in [0.717, 1.165) is 28.0 Å². The van der Waals surface area contributed by atoms with E-state index in [0.29, 0.717) is 5.56 Å². The maximum absolute atomic E-state index is 9.02. The molecule has 0 bridgehead atoms. The highest BCUT2D eigenvalue weighted by Crippen LogP contribution is 2.30. The van der Waals surface area contributed by atoms with Crippen molar-refractivity contribution in [2.45, 2.75) is 26.3 Å². The fourth-order valence-corrected chi connectivity index (χ4v) is 3.30. The van der Waals surface area contributed by atoms with E-state index in [1.807, 2.05) is 24.3 Å². The number of thiophene rings is 1. The first kappa shape index (κ1) is 14.5. The van der Waals surface area contributed by atoms with E-state index in [-0.39, 0.29) is 6.04 Å². The van der Waals surface area contributed by atoms with Crippen LogP contribution in [0.4, 0.5) is 5.82 Å². The fourth-order valence-electron chi connectivity index (χ4n) is 2.36. The van der Waals surface area contributed by atoms with Crippen molar-refractivity contribution in [1.82, 2.24) is 9.97 Å². The second-order valence-electron chi connectivity index (χ2n) is 5.11. The van der Waals surface area contributed by atoms with Gasteiger partial charge in [-0.3, -0.25) is 0 Å². The van der Waals surface area contributed by atoms with Gasteiger partial charge in [0, 0.05) is 4.88 Å². The number of aryl methyl sites for hydroxylation is 1. The van der Waals surface area contributed by atoms with Crippen LogP contribution in [0.5, 0.6) is 0 Å². The number of anilines is 1. The molecule has 3 rings (SSSR count). The molecule has 3 aromatic rings. The summed E-state index contributed by atoms with van der Waals surface area (Å²) in [6.07, 6.45) is 2.60. The third-order valence-corrected chi connectivity index (χ3v) is 4.79. The van der Waals surface area contributed by atoms with Crippen LogP contribution in [0.1, 0.15) is 35.9 Å². The van der Waals surface area contributed by atoms with Gasteiger partial charge < -0.3 is 5.32 Å². The third-order valence-electron chi connectivity index (χ3n) is 3.60. The lowest BCUT2D eigenvalue weighted by Crippen LogP contribution is -2.08. The maximum Gasteiger partial charge on any atom is 0.138 e. The Kier molecular flexibility index (Phi) is 4.03. The van der Waals surface area contributed by atoms with Crippen LogP contribution in [-0.2, 0) is 6.42 Å². The Hall–Kier alpha value is -2.45. The lowest BCUT2D eigenvalue weighted by atomic mass is 10.1. The van der Waals surface area contributed by atoms with Crippen molar-refractivity contribution in [2.24, 2.45) is 0 Å². The van der Waals surface area contributed by atoms with Crippen molar-refractivity contribution in [3.8, 4) is 6.07 Å². The van der Waals surface area contributed by atoms with Gasteiger partial charge in [-0.25, -0.2) is 9.97 Å². The second-order valence-corrected chi connectivity index (χ2v) is 6.23. The molecular weight excluding hydrogens is 292 g/mol. The summed E-state index contributed by atoms with van der Waals surface area (Å²) in [7, 11) is 0. The van der Waals surface area contributed by atoms with E-state index in [9.17, 15) is 0 Å². The van der Waals surface area contributed by atoms with Crippen LogP contribution in [0.2, 0.25) is 0 Å². The monoisotopic (exact) mass is 308 g/mol. The zero-order chi connectivity index (χ0) is 15.5. The number of nitrogens with one attached hydrogen (secondary N) is 1. The highest BCUT2D eigenvalue weighted by Gasteiger charge is 2.12. The van der Waals surface area contributed by atoms with Gasteiger partial charge in [0.1, 0.15) is 17.0 Å². The van der Waals surface area contributed by atoms with E-state index in [1.54, 1.807) is 17.7 Å². The van der Waals surface area contributed by atoms with Crippen molar-refractivity contribution in [2.75, 3.05) is 5.32 Å². The molecule has 1 N–H and O–H groups in total. The second kappa shape index (κ2) is 6.12. The lowest BCUT2D eigenvalue weighted by molar-refractivity contribution is 0.875. The van der Waals surface area contributed by atoms with Gasteiger partial charge in [0.2, 0.25) is 0 Å². The average Bonchev–Trinajstić information content (AvgIpc) is 2.99. The average molecular weight is 308 g/mol. The van der Waals surface area contributed by atoms with Gasteiger partial charge in [-0.15, -0.1) is 11.3 Å². The molecule has 1 atom stereocenters. The van der Waals surface area contributed by atoms with Gasteiger partial charge in [0.25, 0.3) is 0 Å². The first-order valence-electron chi connectivity index (χ1n) is 7.21. The fraction of sp³-hybridized carbons (Fsp3) is 0.235. The van der Waals surface area contributed by atoms with Crippen LogP contribution in [0, 0.1) is 11.3 Å². The van der Waals surface area contributed by atoms with Crippen molar-refractivity contribution in [3.05, 3.63) is 52.7 Å². The Bertz CT molecular complexity index is 847. The quantitative estimate of drug-likeness (QED) is 0.780. The van der Waals surface area contributed by atoms with Gasteiger partial charge >= 0.3 is 0 Å². The molecule has 22 heavy (non-hydrogen) atoms. The molecular formula is C17H16N4S. The number of aromatic nitrogens is 2. The normalized spacial score (nSPS) is 12.0. The summed E-state index contributed by atoms with van der Waals surface area (Å²) in [5, 5.41) is 13.5. The maximum atomic E-state index is 9.02. The molecule has 110 valence electrons. The minimum Gasteiger partial charge on any atom is -0.363 e. The van der Waals surface area contributed by atoms with Crippen molar-refractivity contribution in [3.63, 3.8) is 0 Å². The Morgan fingerprint density at radius 1 is 1.32 bits per heavy atom. The zero-order valence-electron chi connectivity index (χ0n) is 12.5. The van der Waals surface area contributed by atoms with Gasteiger partial charge in [0.05, 0.1) is 23.1 Å². The molecule has 1 unspecified atom stereocenters. The summed E-state index contributed by atoms with van der Waals surface area (Å²) >= 11 is 1.71. The lowest BCUT2D eigenvalue weighted by Gasteiger charge is -2.15. The van der Waals surface area contributed by atoms with E-state index >= 15 is 0 Å². The Morgan fingerprint density at radius 2 is 2.18 bits per heavy atom.